The van der Waals surface area contributed by atoms with Crippen LogP contribution in [0.1, 0.15) is 52.7 Å². The lowest BCUT2D eigenvalue weighted by atomic mass is 9.96. The zero-order valence-electron chi connectivity index (χ0n) is 17.0. The monoisotopic (exact) mass is 436 g/mol. The fourth-order valence-corrected chi connectivity index (χ4v) is 4.24. The van der Waals surface area contributed by atoms with Crippen LogP contribution in [0.4, 0.5) is 0 Å². The van der Waals surface area contributed by atoms with E-state index in [2.05, 4.69) is 103 Å². The van der Waals surface area contributed by atoms with Gasteiger partial charge in [0.15, 0.2) is 12.4 Å². The van der Waals surface area contributed by atoms with Crippen molar-refractivity contribution in [2.24, 2.45) is 0 Å². The van der Waals surface area contributed by atoms with Crippen molar-refractivity contribution in [2.45, 2.75) is 38.8 Å². The summed E-state index contributed by atoms with van der Waals surface area (Å²) in [5, 5.41) is 0. The highest BCUT2D eigenvalue weighted by Gasteiger charge is 2.28. The maximum absolute atomic E-state index is 2.48. The van der Waals surface area contributed by atoms with Gasteiger partial charge in [-0.3, -0.25) is 4.90 Å². The minimum atomic E-state index is 0. The first-order chi connectivity index (χ1) is 13.1. The summed E-state index contributed by atoms with van der Waals surface area (Å²) in [5.74, 6) is 0. The van der Waals surface area contributed by atoms with Crippen LogP contribution in [-0.4, -0.2) is 18.5 Å². The minimum absolute atomic E-state index is 0. The van der Waals surface area contributed by atoms with E-state index in [1.54, 1.807) is 0 Å². The van der Waals surface area contributed by atoms with Crippen LogP contribution < -0.4 is 21.5 Å². The number of aryl methyl sites for hydroxylation is 2. The quantitative estimate of drug-likeness (QED) is 0.567. The molecule has 1 atom stereocenters. The zero-order valence-corrected chi connectivity index (χ0v) is 18.6. The van der Waals surface area contributed by atoms with Gasteiger partial charge in [-0.2, -0.15) is 4.57 Å². The Morgan fingerprint density at radius 2 is 1.46 bits per heavy atom. The van der Waals surface area contributed by atoms with Gasteiger partial charge in [-0.05, 0) is 46.3 Å². The Morgan fingerprint density at radius 3 is 1.96 bits per heavy atom. The standard InChI is InChI=1S/C25H29N2.BrH/c1-19-8-12-21(13-9-19)25(22-14-10-20(2)11-15-22)27-17-4-6-23(18-27)24-7-5-16-26(24)3;/h4,6,8-15,17-18,24-25H,5,7,16H2,1-3H3;1H/q+1;/p-1/t24-;/m0./s1. The molecule has 1 aliphatic heterocycles. The predicted octanol–water partition coefficient (Wildman–Crippen LogP) is 2.00. The third-order valence-corrected chi connectivity index (χ3v) is 5.83. The number of likely N-dealkylation sites (tertiary alicyclic amines) is 1. The molecule has 0 spiro atoms. The molecule has 1 aromatic heterocycles. The van der Waals surface area contributed by atoms with Crippen molar-refractivity contribution in [3.63, 3.8) is 0 Å². The van der Waals surface area contributed by atoms with Gasteiger partial charge in [-0.1, -0.05) is 59.7 Å². The van der Waals surface area contributed by atoms with Gasteiger partial charge in [0.2, 0.25) is 6.04 Å². The van der Waals surface area contributed by atoms with E-state index < -0.39 is 0 Å². The average Bonchev–Trinajstić information content (AvgIpc) is 3.11. The molecule has 0 amide bonds. The Bertz CT molecular complexity index is 857. The summed E-state index contributed by atoms with van der Waals surface area (Å²) in [6.07, 6.45) is 7.11. The number of pyridine rings is 1. The van der Waals surface area contributed by atoms with E-state index in [0.717, 1.165) is 0 Å². The van der Waals surface area contributed by atoms with Gasteiger partial charge >= 0.3 is 0 Å². The third kappa shape index (κ3) is 4.37. The first-order valence-electron chi connectivity index (χ1n) is 9.96. The highest BCUT2D eigenvalue weighted by atomic mass is 79.9. The fraction of sp³-hybridized carbons (Fsp3) is 0.320. The van der Waals surface area contributed by atoms with Crippen LogP contribution >= 0.6 is 0 Å². The molecular weight excluding hydrogens is 408 g/mol. The van der Waals surface area contributed by atoms with Crippen LogP contribution in [0.15, 0.2) is 73.1 Å². The molecule has 1 aliphatic rings. The summed E-state index contributed by atoms with van der Waals surface area (Å²) in [4.78, 5) is 2.48. The second-order valence-electron chi connectivity index (χ2n) is 7.95. The summed E-state index contributed by atoms with van der Waals surface area (Å²) < 4.78 is 2.39. The first-order valence-corrected chi connectivity index (χ1v) is 9.96. The second-order valence-corrected chi connectivity index (χ2v) is 7.95. The number of benzene rings is 2. The molecule has 4 rings (SSSR count). The molecule has 0 N–H and O–H groups in total. The predicted molar refractivity (Wildman–Crippen MR) is 111 cm³/mol. The number of aromatic nitrogens is 1. The zero-order chi connectivity index (χ0) is 18.8. The maximum atomic E-state index is 2.48. The summed E-state index contributed by atoms with van der Waals surface area (Å²) in [6.45, 7) is 5.49. The van der Waals surface area contributed by atoms with E-state index in [1.165, 1.54) is 47.2 Å². The smallest absolute Gasteiger partial charge is 0.208 e. The first kappa shape index (κ1) is 20.8. The molecule has 2 nitrogen and oxygen atoms in total. The van der Waals surface area contributed by atoms with Crippen molar-refractivity contribution in [3.05, 3.63) is 101 Å². The van der Waals surface area contributed by atoms with Crippen LogP contribution in [0.25, 0.3) is 0 Å². The van der Waals surface area contributed by atoms with E-state index in [1.807, 2.05) is 0 Å². The van der Waals surface area contributed by atoms with Crippen molar-refractivity contribution in [3.8, 4) is 0 Å². The molecular formula is C25H29BrN2. The molecule has 3 aromatic rings. The van der Waals surface area contributed by atoms with E-state index in [9.17, 15) is 0 Å². The SMILES string of the molecule is Cc1ccc(C(c2ccc(C)cc2)[n+]2cccc([C@@H]3CCCN3C)c2)cc1.[Br-]. The van der Waals surface area contributed by atoms with Crippen molar-refractivity contribution in [1.82, 2.24) is 4.90 Å². The summed E-state index contributed by atoms with van der Waals surface area (Å²) >= 11 is 0. The normalized spacial score (nSPS) is 16.9. The number of nitrogens with zero attached hydrogens (tertiary/aromatic N) is 2. The fourth-order valence-electron chi connectivity index (χ4n) is 4.24. The number of hydrogen-bond acceptors (Lipinski definition) is 1. The van der Waals surface area contributed by atoms with Crippen molar-refractivity contribution in [2.75, 3.05) is 13.6 Å². The van der Waals surface area contributed by atoms with Gasteiger partial charge in [0.05, 0.1) is 0 Å². The third-order valence-electron chi connectivity index (χ3n) is 5.83. The summed E-state index contributed by atoms with van der Waals surface area (Å²) in [7, 11) is 2.24. The molecule has 2 heterocycles. The van der Waals surface area contributed by atoms with Gasteiger partial charge in [0, 0.05) is 28.8 Å². The van der Waals surface area contributed by atoms with Crippen LogP contribution in [0.2, 0.25) is 0 Å². The van der Waals surface area contributed by atoms with Crippen LogP contribution in [0, 0.1) is 13.8 Å². The lowest BCUT2D eigenvalue weighted by Crippen LogP contribution is -3.00. The van der Waals surface area contributed by atoms with E-state index in [4.69, 9.17) is 0 Å². The van der Waals surface area contributed by atoms with Crippen LogP contribution in [0.5, 0.6) is 0 Å². The Kier molecular flexibility index (Phi) is 6.69. The number of halogens is 1. The molecule has 1 saturated heterocycles. The topological polar surface area (TPSA) is 7.12 Å². The van der Waals surface area contributed by atoms with E-state index in [-0.39, 0.29) is 23.0 Å². The lowest BCUT2D eigenvalue weighted by Gasteiger charge is -2.20. The molecule has 146 valence electrons. The highest BCUT2D eigenvalue weighted by molar-refractivity contribution is 5.33. The van der Waals surface area contributed by atoms with Crippen molar-refractivity contribution in [1.29, 1.82) is 0 Å². The molecule has 0 radical (unpaired) electrons. The van der Waals surface area contributed by atoms with E-state index in [0.29, 0.717) is 6.04 Å². The highest BCUT2D eigenvalue weighted by Crippen LogP contribution is 2.30. The van der Waals surface area contributed by atoms with Crippen molar-refractivity contribution < 1.29 is 21.5 Å². The molecule has 2 aromatic carbocycles. The van der Waals surface area contributed by atoms with E-state index >= 15 is 0 Å². The van der Waals surface area contributed by atoms with Crippen LogP contribution in [0.3, 0.4) is 0 Å². The van der Waals surface area contributed by atoms with Gasteiger partial charge in [-0.25, -0.2) is 0 Å². The molecule has 0 unspecified atom stereocenters. The summed E-state index contributed by atoms with van der Waals surface area (Å²) in [5.41, 5.74) is 6.67. The Hall–Kier alpha value is -1.97. The Morgan fingerprint density at radius 1 is 0.893 bits per heavy atom. The van der Waals surface area contributed by atoms with Gasteiger partial charge in [-0.15, -0.1) is 0 Å². The van der Waals surface area contributed by atoms with Crippen LogP contribution in [-0.2, 0) is 0 Å². The van der Waals surface area contributed by atoms with Crippen molar-refractivity contribution >= 4 is 0 Å². The Labute approximate surface area is 179 Å². The Balaban J connectivity index is 0.00000225. The minimum Gasteiger partial charge on any atom is -1.00 e. The molecule has 0 saturated carbocycles. The maximum Gasteiger partial charge on any atom is 0.208 e. The average molecular weight is 437 g/mol. The molecule has 1 fully saturated rings. The largest absolute Gasteiger partial charge is 1.00 e. The second kappa shape index (κ2) is 9.02. The number of rotatable bonds is 4. The van der Waals surface area contributed by atoms with Gasteiger partial charge in [0.25, 0.3) is 0 Å². The molecule has 3 heteroatoms. The summed E-state index contributed by atoms with van der Waals surface area (Å²) in [6, 6.07) is 23.1. The van der Waals surface area contributed by atoms with Gasteiger partial charge in [0.1, 0.15) is 0 Å². The molecule has 28 heavy (non-hydrogen) atoms. The lowest BCUT2D eigenvalue weighted by molar-refractivity contribution is -0.705. The van der Waals surface area contributed by atoms with Gasteiger partial charge < -0.3 is 17.0 Å². The number of hydrogen-bond donors (Lipinski definition) is 0. The molecule has 0 bridgehead atoms. The molecule has 0 aliphatic carbocycles.